The van der Waals surface area contributed by atoms with Crippen molar-refractivity contribution in [1.29, 1.82) is 0 Å². The lowest BCUT2D eigenvalue weighted by Gasteiger charge is -2.16. The minimum absolute atomic E-state index is 0.0470. The van der Waals surface area contributed by atoms with E-state index in [1.807, 2.05) is 12.1 Å². The first-order valence-corrected chi connectivity index (χ1v) is 8.21. The van der Waals surface area contributed by atoms with E-state index in [2.05, 4.69) is 0 Å². The molecule has 3 nitrogen and oxygen atoms in total. The first kappa shape index (κ1) is 12.5. The van der Waals surface area contributed by atoms with Gasteiger partial charge in [-0.15, -0.1) is 11.6 Å². The Balaban J connectivity index is 1.94. The van der Waals surface area contributed by atoms with Gasteiger partial charge in [0.25, 0.3) is 0 Å². The summed E-state index contributed by atoms with van der Waals surface area (Å²) >= 11 is 5.99. The maximum atomic E-state index is 12.4. The van der Waals surface area contributed by atoms with Gasteiger partial charge < -0.3 is 0 Å². The molecule has 1 aliphatic heterocycles. The van der Waals surface area contributed by atoms with Crippen LogP contribution in [0.2, 0.25) is 0 Å². The van der Waals surface area contributed by atoms with Crippen molar-refractivity contribution in [3.05, 3.63) is 29.3 Å². The number of alkyl halides is 1. The molecule has 5 heteroatoms. The monoisotopic (exact) mass is 285 g/mol. The van der Waals surface area contributed by atoms with Crippen LogP contribution < -0.4 is 0 Å². The van der Waals surface area contributed by atoms with Crippen molar-refractivity contribution in [2.75, 3.05) is 13.1 Å². The molecule has 0 N–H and O–H groups in total. The van der Waals surface area contributed by atoms with Crippen molar-refractivity contribution in [2.45, 2.75) is 36.0 Å². The maximum absolute atomic E-state index is 12.4. The third-order valence-corrected chi connectivity index (χ3v) is 6.02. The molecule has 0 spiro atoms. The fourth-order valence-corrected chi connectivity index (χ4v) is 4.66. The number of fused-ring (bicyclic) bond motifs is 1. The Bertz CT molecular complexity index is 570. The molecular weight excluding hydrogens is 270 g/mol. The lowest BCUT2D eigenvalue weighted by Crippen LogP contribution is -2.29. The van der Waals surface area contributed by atoms with Gasteiger partial charge in [-0.05, 0) is 48.9 Å². The van der Waals surface area contributed by atoms with Crippen molar-refractivity contribution in [3.8, 4) is 0 Å². The second-order valence-electron chi connectivity index (χ2n) is 5.03. The fraction of sp³-hybridized carbons (Fsp3) is 0.538. The summed E-state index contributed by atoms with van der Waals surface area (Å²) in [5, 5.41) is -0.0470. The van der Waals surface area contributed by atoms with Gasteiger partial charge in [-0.1, -0.05) is 6.07 Å². The van der Waals surface area contributed by atoms with Gasteiger partial charge >= 0.3 is 0 Å². The standard InChI is InChI=1S/C13H16ClNO2S/c14-12-6-7-15(9-12)18(16,17)13-5-4-10-2-1-3-11(10)8-13/h4-5,8,12H,1-3,6-7,9H2. The van der Waals surface area contributed by atoms with Crippen LogP contribution in [0.4, 0.5) is 0 Å². The lowest BCUT2D eigenvalue weighted by molar-refractivity contribution is 0.478. The molecule has 1 unspecified atom stereocenters. The average Bonchev–Trinajstić information content (AvgIpc) is 2.96. The molecule has 1 aromatic rings. The van der Waals surface area contributed by atoms with E-state index in [4.69, 9.17) is 11.6 Å². The Labute approximate surface area is 113 Å². The molecule has 1 aromatic carbocycles. The maximum Gasteiger partial charge on any atom is 0.243 e. The molecule has 1 heterocycles. The zero-order valence-electron chi connectivity index (χ0n) is 10.1. The summed E-state index contributed by atoms with van der Waals surface area (Å²) in [6.45, 7) is 0.967. The van der Waals surface area contributed by atoms with E-state index in [0.717, 1.165) is 25.7 Å². The van der Waals surface area contributed by atoms with Crippen LogP contribution in [0, 0.1) is 0 Å². The predicted octanol–water partition coefficient (Wildman–Crippen LogP) is 2.18. The fourth-order valence-electron chi connectivity index (χ4n) is 2.76. The highest BCUT2D eigenvalue weighted by atomic mass is 35.5. The van der Waals surface area contributed by atoms with Gasteiger partial charge in [0, 0.05) is 18.5 Å². The van der Waals surface area contributed by atoms with Gasteiger partial charge in [0.15, 0.2) is 0 Å². The van der Waals surface area contributed by atoms with E-state index < -0.39 is 10.0 Å². The number of hydrogen-bond acceptors (Lipinski definition) is 2. The van der Waals surface area contributed by atoms with Gasteiger partial charge in [-0.3, -0.25) is 0 Å². The first-order chi connectivity index (χ1) is 8.57. The Hall–Kier alpha value is -0.580. The third kappa shape index (κ3) is 2.06. The Morgan fingerprint density at radius 2 is 2.00 bits per heavy atom. The van der Waals surface area contributed by atoms with E-state index in [1.54, 1.807) is 6.07 Å². The highest BCUT2D eigenvalue weighted by molar-refractivity contribution is 7.89. The molecule has 1 aliphatic carbocycles. The minimum atomic E-state index is -3.34. The third-order valence-electron chi connectivity index (χ3n) is 3.80. The smallest absolute Gasteiger partial charge is 0.207 e. The first-order valence-electron chi connectivity index (χ1n) is 6.33. The molecule has 0 aromatic heterocycles. The molecule has 98 valence electrons. The van der Waals surface area contributed by atoms with Crippen molar-refractivity contribution >= 4 is 21.6 Å². The molecule has 18 heavy (non-hydrogen) atoms. The normalized spacial score (nSPS) is 24.4. The summed E-state index contributed by atoms with van der Waals surface area (Å²) in [5.41, 5.74) is 2.49. The summed E-state index contributed by atoms with van der Waals surface area (Å²) in [6.07, 6.45) is 3.94. The van der Waals surface area contributed by atoms with Crippen LogP contribution in [0.5, 0.6) is 0 Å². The second-order valence-corrected chi connectivity index (χ2v) is 7.59. The predicted molar refractivity (Wildman–Crippen MR) is 71.5 cm³/mol. The van der Waals surface area contributed by atoms with Gasteiger partial charge in [0.1, 0.15) is 0 Å². The van der Waals surface area contributed by atoms with Gasteiger partial charge in [0.2, 0.25) is 10.0 Å². The van der Waals surface area contributed by atoms with Crippen molar-refractivity contribution in [3.63, 3.8) is 0 Å². The molecule has 3 rings (SSSR count). The van der Waals surface area contributed by atoms with E-state index in [0.29, 0.717) is 18.0 Å². The number of sulfonamides is 1. The van der Waals surface area contributed by atoms with Crippen molar-refractivity contribution in [1.82, 2.24) is 4.31 Å². The quantitative estimate of drug-likeness (QED) is 0.781. The highest BCUT2D eigenvalue weighted by Gasteiger charge is 2.32. The summed E-state index contributed by atoms with van der Waals surface area (Å²) in [6, 6.07) is 5.55. The van der Waals surface area contributed by atoms with E-state index in [1.165, 1.54) is 15.4 Å². The van der Waals surface area contributed by atoms with Gasteiger partial charge in [0.05, 0.1) is 4.90 Å². The number of hydrogen-bond donors (Lipinski definition) is 0. The van der Waals surface area contributed by atoms with Crippen LogP contribution in [-0.2, 0) is 22.9 Å². The zero-order chi connectivity index (χ0) is 12.8. The highest BCUT2D eigenvalue weighted by Crippen LogP contribution is 2.28. The second kappa shape index (κ2) is 4.51. The van der Waals surface area contributed by atoms with Crippen molar-refractivity contribution < 1.29 is 8.42 Å². The summed E-state index contributed by atoms with van der Waals surface area (Å²) < 4.78 is 26.4. The molecule has 2 aliphatic rings. The summed E-state index contributed by atoms with van der Waals surface area (Å²) in [5.74, 6) is 0. The van der Waals surface area contributed by atoms with Gasteiger partial charge in [-0.25, -0.2) is 8.42 Å². The lowest BCUT2D eigenvalue weighted by atomic mass is 10.1. The molecule has 1 atom stereocenters. The average molecular weight is 286 g/mol. The topological polar surface area (TPSA) is 37.4 Å². The molecule has 1 saturated heterocycles. The van der Waals surface area contributed by atoms with Crippen molar-refractivity contribution in [2.24, 2.45) is 0 Å². The molecule has 0 radical (unpaired) electrons. The Morgan fingerprint density at radius 3 is 2.72 bits per heavy atom. The molecule has 0 bridgehead atoms. The summed E-state index contributed by atoms with van der Waals surface area (Å²) in [4.78, 5) is 0.425. The van der Waals surface area contributed by atoms with E-state index >= 15 is 0 Å². The van der Waals surface area contributed by atoms with Crippen LogP contribution in [0.15, 0.2) is 23.1 Å². The zero-order valence-corrected chi connectivity index (χ0v) is 11.7. The van der Waals surface area contributed by atoms with Crippen LogP contribution in [0.1, 0.15) is 24.0 Å². The van der Waals surface area contributed by atoms with E-state index in [-0.39, 0.29) is 5.38 Å². The number of aryl methyl sites for hydroxylation is 2. The number of nitrogens with zero attached hydrogens (tertiary/aromatic N) is 1. The van der Waals surface area contributed by atoms with Crippen LogP contribution in [0.25, 0.3) is 0 Å². The minimum Gasteiger partial charge on any atom is -0.207 e. The Kier molecular flexibility index (Phi) is 3.12. The van der Waals surface area contributed by atoms with Crippen LogP contribution in [0.3, 0.4) is 0 Å². The molecule has 0 amide bonds. The van der Waals surface area contributed by atoms with E-state index in [9.17, 15) is 8.42 Å². The largest absolute Gasteiger partial charge is 0.243 e. The molecule has 0 saturated carbocycles. The van der Waals surface area contributed by atoms with Crippen LogP contribution >= 0.6 is 11.6 Å². The summed E-state index contributed by atoms with van der Waals surface area (Å²) in [7, 11) is -3.34. The van der Waals surface area contributed by atoms with Gasteiger partial charge in [-0.2, -0.15) is 4.31 Å². The van der Waals surface area contributed by atoms with Crippen LogP contribution in [-0.4, -0.2) is 31.2 Å². The number of benzene rings is 1. The molecular formula is C13H16ClNO2S. The SMILES string of the molecule is O=S(=O)(c1ccc2c(c1)CCC2)N1CCC(Cl)C1. The number of rotatable bonds is 2. The number of halogens is 1. The molecule has 1 fully saturated rings. The Morgan fingerprint density at radius 1 is 1.22 bits per heavy atom.